The van der Waals surface area contributed by atoms with Gasteiger partial charge in [-0.15, -0.1) is 0 Å². The second kappa shape index (κ2) is 9.29. The average Bonchev–Trinajstić information content (AvgIpc) is 2.60. The van der Waals surface area contributed by atoms with Crippen LogP contribution in [0.4, 0.5) is 4.79 Å². The van der Waals surface area contributed by atoms with E-state index in [1.54, 1.807) is 19.1 Å². The van der Waals surface area contributed by atoms with Gasteiger partial charge in [-0.1, -0.05) is 24.6 Å². The van der Waals surface area contributed by atoms with Gasteiger partial charge >= 0.3 is 6.03 Å². The van der Waals surface area contributed by atoms with Crippen molar-refractivity contribution in [2.75, 3.05) is 39.3 Å². The highest BCUT2D eigenvalue weighted by Gasteiger charge is 2.30. The normalized spacial score (nSPS) is 16.1. The van der Waals surface area contributed by atoms with Gasteiger partial charge in [-0.05, 0) is 31.9 Å². The highest BCUT2D eigenvalue weighted by Crippen LogP contribution is 2.22. The van der Waals surface area contributed by atoms with Crippen molar-refractivity contribution in [2.24, 2.45) is 0 Å². The van der Waals surface area contributed by atoms with Crippen LogP contribution in [0.2, 0.25) is 0 Å². The van der Waals surface area contributed by atoms with Gasteiger partial charge < -0.3 is 5.32 Å². The molecular formula is C18H28N4O4S. The van der Waals surface area contributed by atoms with Crippen molar-refractivity contribution in [1.29, 1.82) is 0 Å². The van der Waals surface area contributed by atoms with Crippen LogP contribution < -0.4 is 10.6 Å². The molecule has 0 bridgehead atoms. The Labute approximate surface area is 161 Å². The molecule has 0 saturated carbocycles. The Morgan fingerprint density at radius 1 is 1.11 bits per heavy atom. The fourth-order valence-electron chi connectivity index (χ4n) is 3.01. The number of carbonyl (C=O) groups excluding carboxylic acids is 2. The number of piperazine rings is 1. The number of hydrogen-bond acceptors (Lipinski definition) is 5. The summed E-state index contributed by atoms with van der Waals surface area (Å²) in [6.45, 7) is 7.72. The number of sulfonamides is 1. The molecule has 2 N–H and O–H groups in total. The molecule has 1 fully saturated rings. The molecule has 0 atom stereocenters. The maximum atomic E-state index is 12.9. The summed E-state index contributed by atoms with van der Waals surface area (Å²) in [5.74, 6) is -0.394. The summed E-state index contributed by atoms with van der Waals surface area (Å²) < 4.78 is 27.2. The minimum atomic E-state index is -3.55. The van der Waals surface area contributed by atoms with Gasteiger partial charge in [0.25, 0.3) is 0 Å². The summed E-state index contributed by atoms with van der Waals surface area (Å²) in [4.78, 5) is 25.6. The van der Waals surface area contributed by atoms with Crippen LogP contribution in [0, 0.1) is 13.8 Å². The van der Waals surface area contributed by atoms with Crippen LogP contribution in [-0.4, -0.2) is 68.8 Å². The zero-order valence-electron chi connectivity index (χ0n) is 16.1. The quantitative estimate of drug-likeness (QED) is 0.743. The molecule has 1 aliphatic heterocycles. The molecule has 1 aliphatic rings. The SMILES string of the molecule is CCCNC(=O)NC(=O)CN1CCN(S(=O)(=O)c2ccc(C)cc2C)CC1. The molecule has 0 aliphatic carbocycles. The lowest BCUT2D eigenvalue weighted by atomic mass is 10.2. The molecule has 0 radical (unpaired) electrons. The van der Waals surface area contributed by atoms with Crippen LogP contribution in [0.5, 0.6) is 0 Å². The third-order valence-electron chi connectivity index (χ3n) is 4.44. The summed E-state index contributed by atoms with van der Waals surface area (Å²) >= 11 is 0. The third kappa shape index (κ3) is 5.75. The second-order valence-corrected chi connectivity index (χ2v) is 8.66. The Bertz CT molecular complexity index is 787. The van der Waals surface area contributed by atoms with Crippen LogP contribution in [0.15, 0.2) is 23.1 Å². The van der Waals surface area contributed by atoms with Gasteiger partial charge in [0, 0.05) is 32.7 Å². The van der Waals surface area contributed by atoms with Crippen LogP contribution in [0.1, 0.15) is 24.5 Å². The van der Waals surface area contributed by atoms with Crippen molar-refractivity contribution in [2.45, 2.75) is 32.1 Å². The predicted molar refractivity (Wildman–Crippen MR) is 103 cm³/mol. The minimum Gasteiger partial charge on any atom is -0.338 e. The van der Waals surface area contributed by atoms with Gasteiger partial charge in [-0.25, -0.2) is 13.2 Å². The predicted octanol–water partition coefficient (Wildman–Crippen LogP) is 0.846. The highest BCUT2D eigenvalue weighted by atomic mass is 32.2. The molecule has 0 spiro atoms. The molecule has 0 aromatic heterocycles. The van der Waals surface area contributed by atoms with E-state index >= 15 is 0 Å². The van der Waals surface area contributed by atoms with Gasteiger partial charge in [0.15, 0.2) is 0 Å². The van der Waals surface area contributed by atoms with Gasteiger partial charge in [0.05, 0.1) is 11.4 Å². The number of carbonyl (C=O) groups is 2. The maximum absolute atomic E-state index is 12.9. The lowest BCUT2D eigenvalue weighted by molar-refractivity contribution is -0.121. The molecule has 1 aromatic rings. The number of aryl methyl sites for hydroxylation is 2. The summed E-state index contributed by atoms with van der Waals surface area (Å²) in [5.41, 5.74) is 1.75. The van der Waals surface area contributed by atoms with Gasteiger partial charge in [-0.3, -0.25) is 15.0 Å². The molecule has 0 unspecified atom stereocenters. The number of nitrogens with zero attached hydrogens (tertiary/aromatic N) is 2. The van der Waals surface area contributed by atoms with Crippen molar-refractivity contribution < 1.29 is 18.0 Å². The van der Waals surface area contributed by atoms with E-state index in [9.17, 15) is 18.0 Å². The number of hydrogen-bond donors (Lipinski definition) is 2. The molecule has 150 valence electrons. The Hall–Kier alpha value is -1.97. The van der Waals surface area contributed by atoms with Gasteiger partial charge in [-0.2, -0.15) is 4.31 Å². The largest absolute Gasteiger partial charge is 0.338 e. The number of benzene rings is 1. The standard InChI is InChI=1S/C18H28N4O4S/c1-4-7-19-18(24)20-17(23)13-21-8-10-22(11-9-21)27(25,26)16-6-5-14(2)12-15(16)3/h5-6,12H,4,7-11,13H2,1-3H3,(H2,19,20,23,24). The monoisotopic (exact) mass is 396 g/mol. The van der Waals surface area contributed by atoms with Crippen LogP contribution in [0.3, 0.4) is 0 Å². The fourth-order valence-corrected chi connectivity index (χ4v) is 4.64. The highest BCUT2D eigenvalue weighted by molar-refractivity contribution is 7.89. The summed E-state index contributed by atoms with van der Waals surface area (Å²) in [7, 11) is -3.55. The van der Waals surface area contributed by atoms with Crippen molar-refractivity contribution in [3.63, 3.8) is 0 Å². The van der Waals surface area contributed by atoms with E-state index in [1.165, 1.54) is 4.31 Å². The zero-order chi connectivity index (χ0) is 20.0. The third-order valence-corrected chi connectivity index (χ3v) is 6.49. The first-order valence-electron chi connectivity index (χ1n) is 9.11. The van der Waals surface area contributed by atoms with E-state index in [2.05, 4.69) is 10.6 Å². The molecule has 1 aromatic carbocycles. The Kier molecular flexibility index (Phi) is 7.34. The molecule has 9 heteroatoms. The van der Waals surface area contributed by atoms with Gasteiger partial charge in [0.2, 0.25) is 15.9 Å². The number of nitrogens with one attached hydrogen (secondary N) is 2. The lowest BCUT2D eigenvalue weighted by Gasteiger charge is -2.33. The van der Waals surface area contributed by atoms with E-state index in [4.69, 9.17) is 0 Å². The summed E-state index contributed by atoms with van der Waals surface area (Å²) in [6, 6.07) is 4.80. The lowest BCUT2D eigenvalue weighted by Crippen LogP contribution is -2.52. The molecule has 27 heavy (non-hydrogen) atoms. The smallest absolute Gasteiger partial charge is 0.321 e. The van der Waals surface area contributed by atoms with E-state index in [1.807, 2.05) is 24.8 Å². The summed E-state index contributed by atoms with van der Waals surface area (Å²) in [6.07, 6.45) is 0.790. The molecular weight excluding hydrogens is 368 g/mol. The van der Waals surface area contributed by atoms with E-state index in [0.29, 0.717) is 37.6 Å². The summed E-state index contributed by atoms with van der Waals surface area (Å²) in [5, 5.41) is 4.86. The number of urea groups is 1. The van der Waals surface area contributed by atoms with Crippen molar-refractivity contribution in [1.82, 2.24) is 19.8 Å². The second-order valence-electron chi connectivity index (χ2n) is 6.75. The van der Waals surface area contributed by atoms with E-state index < -0.39 is 22.0 Å². The zero-order valence-corrected chi connectivity index (χ0v) is 16.9. The van der Waals surface area contributed by atoms with Crippen molar-refractivity contribution in [3.05, 3.63) is 29.3 Å². The molecule has 1 saturated heterocycles. The average molecular weight is 397 g/mol. The van der Waals surface area contributed by atoms with Crippen LogP contribution in [-0.2, 0) is 14.8 Å². The Morgan fingerprint density at radius 3 is 2.37 bits per heavy atom. The molecule has 8 nitrogen and oxygen atoms in total. The Balaban J connectivity index is 1.89. The van der Waals surface area contributed by atoms with Crippen molar-refractivity contribution in [3.8, 4) is 0 Å². The minimum absolute atomic E-state index is 0.0665. The van der Waals surface area contributed by atoms with Crippen molar-refractivity contribution >= 4 is 22.0 Å². The molecule has 2 rings (SSSR count). The van der Waals surface area contributed by atoms with Crippen LogP contribution >= 0.6 is 0 Å². The molecule has 3 amide bonds. The first-order valence-corrected chi connectivity index (χ1v) is 10.6. The van der Waals surface area contributed by atoms with Crippen LogP contribution in [0.25, 0.3) is 0 Å². The maximum Gasteiger partial charge on any atom is 0.321 e. The first-order chi connectivity index (χ1) is 12.7. The first kappa shape index (κ1) is 21.3. The fraction of sp³-hybridized carbons (Fsp3) is 0.556. The van der Waals surface area contributed by atoms with E-state index in [0.717, 1.165) is 17.5 Å². The Morgan fingerprint density at radius 2 is 1.78 bits per heavy atom. The van der Waals surface area contributed by atoms with E-state index in [-0.39, 0.29) is 6.54 Å². The number of amides is 3. The topological polar surface area (TPSA) is 98.8 Å². The van der Waals surface area contributed by atoms with Gasteiger partial charge in [0.1, 0.15) is 0 Å². The number of imide groups is 1. The molecule has 1 heterocycles. The number of rotatable bonds is 6.